The zero-order chi connectivity index (χ0) is 15.5. The molecule has 1 aromatic carbocycles. The van der Waals surface area contributed by atoms with E-state index in [-0.39, 0.29) is 0 Å². The standard InChI is InChI=1S/C18H20N4/c1-14-3-4-15(2)17(11-14)21-7-9-22(10-8-21)18-6-5-16(12-19)13-20-18/h3-6,11,13H,7-10H2,1-2H3. The lowest BCUT2D eigenvalue weighted by atomic mass is 10.1. The molecule has 3 rings (SSSR count). The highest BCUT2D eigenvalue weighted by atomic mass is 15.3. The molecule has 4 heteroatoms. The summed E-state index contributed by atoms with van der Waals surface area (Å²) in [6.45, 7) is 8.19. The minimum Gasteiger partial charge on any atom is -0.368 e. The van der Waals surface area contributed by atoms with Crippen LogP contribution in [0.25, 0.3) is 0 Å². The Labute approximate surface area is 131 Å². The predicted molar refractivity (Wildman–Crippen MR) is 89.3 cm³/mol. The third-order valence-electron chi connectivity index (χ3n) is 4.19. The van der Waals surface area contributed by atoms with E-state index >= 15 is 0 Å². The number of aromatic nitrogens is 1. The quantitative estimate of drug-likeness (QED) is 0.853. The van der Waals surface area contributed by atoms with Gasteiger partial charge in [0.25, 0.3) is 0 Å². The van der Waals surface area contributed by atoms with E-state index in [9.17, 15) is 0 Å². The van der Waals surface area contributed by atoms with Gasteiger partial charge in [0, 0.05) is 38.1 Å². The Morgan fingerprint density at radius 3 is 2.36 bits per heavy atom. The van der Waals surface area contributed by atoms with Crippen LogP contribution in [0.5, 0.6) is 0 Å². The van der Waals surface area contributed by atoms with Gasteiger partial charge in [0.1, 0.15) is 11.9 Å². The molecule has 0 aliphatic carbocycles. The Bertz CT molecular complexity index is 692. The lowest BCUT2D eigenvalue weighted by molar-refractivity contribution is 0.646. The number of pyridine rings is 1. The summed E-state index contributed by atoms with van der Waals surface area (Å²) in [7, 11) is 0. The summed E-state index contributed by atoms with van der Waals surface area (Å²) >= 11 is 0. The van der Waals surface area contributed by atoms with Crippen LogP contribution in [0.15, 0.2) is 36.5 Å². The van der Waals surface area contributed by atoms with Gasteiger partial charge >= 0.3 is 0 Å². The predicted octanol–water partition coefficient (Wildman–Crippen LogP) is 2.90. The highest BCUT2D eigenvalue weighted by Gasteiger charge is 2.19. The van der Waals surface area contributed by atoms with Gasteiger partial charge in [-0.2, -0.15) is 5.26 Å². The second-order valence-electron chi connectivity index (χ2n) is 5.78. The van der Waals surface area contributed by atoms with Gasteiger partial charge in [-0.25, -0.2) is 4.98 Å². The highest BCUT2D eigenvalue weighted by Crippen LogP contribution is 2.24. The van der Waals surface area contributed by atoms with E-state index in [0.717, 1.165) is 32.0 Å². The largest absolute Gasteiger partial charge is 0.368 e. The molecular formula is C18H20N4. The van der Waals surface area contributed by atoms with Crippen LogP contribution in [-0.2, 0) is 0 Å². The fraction of sp³-hybridized carbons (Fsp3) is 0.333. The summed E-state index contributed by atoms with van der Waals surface area (Å²) in [6, 6.07) is 12.5. The lowest BCUT2D eigenvalue weighted by Crippen LogP contribution is -2.47. The van der Waals surface area contributed by atoms with E-state index < -0.39 is 0 Å². The molecule has 1 aromatic heterocycles. The summed E-state index contributed by atoms with van der Waals surface area (Å²) in [5.41, 5.74) is 4.58. The van der Waals surface area contributed by atoms with Crippen molar-refractivity contribution in [1.29, 1.82) is 5.26 Å². The number of hydrogen-bond donors (Lipinski definition) is 0. The van der Waals surface area contributed by atoms with Crippen LogP contribution in [0, 0.1) is 25.2 Å². The number of nitriles is 1. The van der Waals surface area contributed by atoms with Crippen molar-refractivity contribution in [2.24, 2.45) is 0 Å². The van der Waals surface area contributed by atoms with Crippen molar-refractivity contribution >= 4 is 11.5 Å². The molecule has 0 N–H and O–H groups in total. The average Bonchev–Trinajstić information content (AvgIpc) is 2.57. The van der Waals surface area contributed by atoms with Crippen molar-refractivity contribution in [3.05, 3.63) is 53.2 Å². The van der Waals surface area contributed by atoms with Gasteiger partial charge in [-0.15, -0.1) is 0 Å². The van der Waals surface area contributed by atoms with Gasteiger partial charge in [-0.1, -0.05) is 12.1 Å². The number of hydrogen-bond acceptors (Lipinski definition) is 4. The average molecular weight is 292 g/mol. The maximum Gasteiger partial charge on any atom is 0.128 e. The number of rotatable bonds is 2. The summed E-state index contributed by atoms with van der Waals surface area (Å²) in [6.07, 6.45) is 1.65. The van der Waals surface area contributed by atoms with E-state index in [1.807, 2.05) is 12.1 Å². The number of benzene rings is 1. The molecule has 4 nitrogen and oxygen atoms in total. The first-order chi connectivity index (χ1) is 10.7. The third kappa shape index (κ3) is 2.89. The number of nitrogens with zero attached hydrogens (tertiary/aromatic N) is 4. The van der Waals surface area contributed by atoms with Crippen molar-refractivity contribution in [2.45, 2.75) is 13.8 Å². The maximum absolute atomic E-state index is 8.84. The van der Waals surface area contributed by atoms with Crippen molar-refractivity contribution in [1.82, 2.24) is 4.98 Å². The minimum absolute atomic E-state index is 0.609. The lowest BCUT2D eigenvalue weighted by Gasteiger charge is -2.37. The van der Waals surface area contributed by atoms with Gasteiger partial charge in [0.05, 0.1) is 5.56 Å². The second-order valence-corrected chi connectivity index (χ2v) is 5.78. The van der Waals surface area contributed by atoms with E-state index in [2.05, 4.69) is 52.9 Å². The van der Waals surface area contributed by atoms with E-state index in [4.69, 9.17) is 5.26 Å². The third-order valence-corrected chi connectivity index (χ3v) is 4.19. The Morgan fingerprint density at radius 2 is 1.73 bits per heavy atom. The smallest absolute Gasteiger partial charge is 0.128 e. The van der Waals surface area contributed by atoms with Gasteiger partial charge in [-0.05, 0) is 43.2 Å². The van der Waals surface area contributed by atoms with E-state index in [0.29, 0.717) is 5.56 Å². The van der Waals surface area contributed by atoms with Crippen molar-refractivity contribution < 1.29 is 0 Å². The molecule has 22 heavy (non-hydrogen) atoms. The van der Waals surface area contributed by atoms with Crippen molar-refractivity contribution in [2.75, 3.05) is 36.0 Å². The second kappa shape index (κ2) is 6.07. The fourth-order valence-corrected chi connectivity index (χ4v) is 2.88. The zero-order valence-electron chi connectivity index (χ0n) is 13.1. The molecule has 0 bridgehead atoms. The molecule has 1 saturated heterocycles. The molecule has 1 aliphatic rings. The normalized spacial score (nSPS) is 14.8. The topological polar surface area (TPSA) is 43.2 Å². The molecular weight excluding hydrogens is 272 g/mol. The molecule has 0 unspecified atom stereocenters. The van der Waals surface area contributed by atoms with Gasteiger partial charge in [-0.3, -0.25) is 0 Å². The molecule has 0 radical (unpaired) electrons. The molecule has 0 atom stereocenters. The fourth-order valence-electron chi connectivity index (χ4n) is 2.88. The van der Waals surface area contributed by atoms with E-state index in [1.54, 1.807) is 6.20 Å². The first-order valence-electron chi connectivity index (χ1n) is 7.60. The maximum atomic E-state index is 8.84. The van der Waals surface area contributed by atoms with Gasteiger partial charge in [0.15, 0.2) is 0 Å². The molecule has 112 valence electrons. The Balaban J connectivity index is 1.69. The van der Waals surface area contributed by atoms with Crippen LogP contribution in [-0.4, -0.2) is 31.2 Å². The van der Waals surface area contributed by atoms with Crippen LogP contribution in [0.2, 0.25) is 0 Å². The molecule has 1 aliphatic heterocycles. The van der Waals surface area contributed by atoms with Gasteiger partial charge < -0.3 is 9.80 Å². The summed E-state index contributed by atoms with van der Waals surface area (Å²) in [5, 5.41) is 8.84. The van der Waals surface area contributed by atoms with Crippen molar-refractivity contribution in [3.63, 3.8) is 0 Å². The number of anilines is 2. The Hall–Kier alpha value is -2.54. The molecule has 0 spiro atoms. The molecule has 2 heterocycles. The zero-order valence-corrected chi connectivity index (χ0v) is 13.1. The monoisotopic (exact) mass is 292 g/mol. The Kier molecular flexibility index (Phi) is 3.97. The molecule has 1 fully saturated rings. The molecule has 0 amide bonds. The summed E-state index contributed by atoms with van der Waals surface area (Å²) in [4.78, 5) is 9.11. The molecule has 0 saturated carbocycles. The first kappa shape index (κ1) is 14.4. The van der Waals surface area contributed by atoms with Crippen LogP contribution < -0.4 is 9.80 Å². The first-order valence-corrected chi connectivity index (χ1v) is 7.60. The van der Waals surface area contributed by atoms with Crippen LogP contribution in [0.3, 0.4) is 0 Å². The number of piperazine rings is 1. The number of aryl methyl sites for hydroxylation is 2. The summed E-state index contributed by atoms with van der Waals surface area (Å²) in [5.74, 6) is 0.958. The SMILES string of the molecule is Cc1ccc(C)c(N2CCN(c3ccc(C#N)cn3)CC2)c1. The molecule has 2 aromatic rings. The van der Waals surface area contributed by atoms with E-state index in [1.165, 1.54) is 16.8 Å². The van der Waals surface area contributed by atoms with Crippen LogP contribution in [0.4, 0.5) is 11.5 Å². The van der Waals surface area contributed by atoms with Crippen LogP contribution in [0.1, 0.15) is 16.7 Å². The van der Waals surface area contributed by atoms with Crippen LogP contribution >= 0.6 is 0 Å². The Morgan fingerprint density at radius 1 is 1.00 bits per heavy atom. The highest BCUT2D eigenvalue weighted by molar-refractivity contribution is 5.56. The minimum atomic E-state index is 0.609. The van der Waals surface area contributed by atoms with Gasteiger partial charge in [0.2, 0.25) is 0 Å². The summed E-state index contributed by atoms with van der Waals surface area (Å²) < 4.78 is 0. The van der Waals surface area contributed by atoms with Crippen molar-refractivity contribution in [3.8, 4) is 6.07 Å².